The van der Waals surface area contributed by atoms with E-state index in [1.54, 1.807) is 23.1 Å². The maximum Gasteiger partial charge on any atom is 0.421 e. The van der Waals surface area contributed by atoms with Gasteiger partial charge in [0.1, 0.15) is 12.4 Å². The Balaban J connectivity index is 1.78. The molecule has 6 nitrogen and oxygen atoms in total. The Hall–Kier alpha value is -3.14. The number of alkyl halides is 3. The molecule has 1 saturated carbocycles. The van der Waals surface area contributed by atoms with Crippen molar-refractivity contribution in [2.24, 2.45) is 5.73 Å². The van der Waals surface area contributed by atoms with E-state index >= 15 is 0 Å². The van der Waals surface area contributed by atoms with Crippen LogP contribution in [0.25, 0.3) is 0 Å². The maximum absolute atomic E-state index is 14.5. The Kier molecular flexibility index (Phi) is 8.84. The lowest BCUT2D eigenvalue weighted by Crippen LogP contribution is -2.42. The summed E-state index contributed by atoms with van der Waals surface area (Å²) in [5.41, 5.74) is 2.32. The summed E-state index contributed by atoms with van der Waals surface area (Å²) in [6.07, 6.45) is -2.70. The van der Waals surface area contributed by atoms with Gasteiger partial charge in [0.05, 0.1) is 0 Å². The van der Waals surface area contributed by atoms with Crippen LogP contribution in [0.1, 0.15) is 73.4 Å². The molecule has 0 spiro atoms. The van der Waals surface area contributed by atoms with Crippen molar-refractivity contribution in [3.8, 4) is 0 Å². The third-order valence-electron chi connectivity index (χ3n) is 6.91. The molecule has 1 fully saturated rings. The SMILES string of the molecule is CCC(CCC(COC(N)=O)c1ccccc1F)N(C(=O)c1ccc([C@](C)(O)C(F)(F)F)cc1)C1CC1. The van der Waals surface area contributed by atoms with Crippen LogP contribution in [0.2, 0.25) is 0 Å². The fourth-order valence-electron chi connectivity index (χ4n) is 4.48. The van der Waals surface area contributed by atoms with Gasteiger partial charge in [-0.2, -0.15) is 13.2 Å². The first-order valence-electron chi connectivity index (χ1n) is 12.3. The number of nitrogens with zero attached hydrogens (tertiary/aromatic N) is 1. The number of amides is 2. The monoisotopic (exact) mass is 524 g/mol. The molecule has 0 aromatic heterocycles. The highest BCUT2D eigenvalue weighted by Gasteiger charge is 2.51. The molecule has 0 saturated heterocycles. The summed E-state index contributed by atoms with van der Waals surface area (Å²) in [4.78, 5) is 26.4. The lowest BCUT2D eigenvalue weighted by molar-refractivity contribution is -0.258. The van der Waals surface area contributed by atoms with E-state index in [9.17, 15) is 32.3 Å². The van der Waals surface area contributed by atoms with Crippen LogP contribution >= 0.6 is 0 Å². The Morgan fingerprint density at radius 3 is 2.24 bits per heavy atom. The van der Waals surface area contributed by atoms with Crippen LogP contribution in [-0.2, 0) is 10.3 Å². The molecule has 3 rings (SSSR count). The minimum Gasteiger partial charge on any atom is -0.449 e. The number of benzene rings is 2. The molecule has 10 heteroatoms. The zero-order valence-corrected chi connectivity index (χ0v) is 20.8. The van der Waals surface area contributed by atoms with E-state index in [0.29, 0.717) is 31.7 Å². The van der Waals surface area contributed by atoms with E-state index in [0.717, 1.165) is 25.0 Å². The minimum absolute atomic E-state index is 0.00388. The number of hydrogen-bond acceptors (Lipinski definition) is 4. The van der Waals surface area contributed by atoms with Crippen molar-refractivity contribution >= 4 is 12.0 Å². The van der Waals surface area contributed by atoms with Gasteiger partial charge in [0.25, 0.3) is 5.91 Å². The first-order valence-corrected chi connectivity index (χ1v) is 12.3. The van der Waals surface area contributed by atoms with Crippen LogP contribution in [0.4, 0.5) is 22.4 Å². The number of rotatable bonds is 11. The van der Waals surface area contributed by atoms with E-state index in [1.165, 1.54) is 18.2 Å². The molecule has 1 aliphatic rings. The van der Waals surface area contributed by atoms with Crippen LogP contribution in [0.3, 0.4) is 0 Å². The fraction of sp³-hybridized carbons (Fsp3) is 0.481. The van der Waals surface area contributed by atoms with Gasteiger partial charge in [0.15, 0.2) is 5.60 Å². The number of hydrogen-bond donors (Lipinski definition) is 2. The molecule has 202 valence electrons. The predicted molar refractivity (Wildman–Crippen MR) is 129 cm³/mol. The van der Waals surface area contributed by atoms with Crippen molar-refractivity contribution in [2.45, 2.75) is 75.7 Å². The van der Waals surface area contributed by atoms with Crippen molar-refractivity contribution in [3.05, 3.63) is 71.0 Å². The Labute approximate surface area is 213 Å². The molecule has 0 heterocycles. The van der Waals surface area contributed by atoms with Crippen LogP contribution in [0.15, 0.2) is 48.5 Å². The van der Waals surface area contributed by atoms with E-state index in [2.05, 4.69) is 0 Å². The van der Waals surface area contributed by atoms with Gasteiger partial charge in [-0.25, -0.2) is 9.18 Å². The molecule has 2 aromatic carbocycles. The molecule has 2 aromatic rings. The summed E-state index contributed by atoms with van der Waals surface area (Å²) >= 11 is 0. The summed E-state index contributed by atoms with van der Waals surface area (Å²) in [6, 6.07) is 10.8. The number of ether oxygens (including phenoxy) is 1. The highest BCUT2D eigenvalue weighted by Crippen LogP contribution is 2.39. The molecule has 2 amide bonds. The smallest absolute Gasteiger partial charge is 0.421 e. The molecule has 1 aliphatic carbocycles. The van der Waals surface area contributed by atoms with E-state index in [1.807, 2.05) is 6.92 Å². The molecule has 3 N–H and O–H groups in total. The van der Waals surface area contributed by atoms with Gasteiger partial charge in [-0.15, -0.1) is 0 Å². The van der Waals surface area contributed by atoms with Crippen molar-refractivity contribution in [3.63, 3.8) is 0 Å². The number of carbonyl (C=O) groups excluding carboxylic acids is 2. The normalized spacial score (nSPS) is 16.9. The summed E-state index contributed by atoms with van der Waals surface area (Å²) < 4.78 is 59.0. The van der Waals surface area contributed by atoms with Gasteiger partial charge in [0, 0.05) is 23.6 Å². The average molecular weight is 525 g/mol. The molecule has 0 radical (unpaired) electrons. The fourth-order valence-corrected chi connectivity index (χ4v) is 4.48. The zero-order chi connectivity index (χ0) is 27.4. The number of halogens is 4. The van der Waals surface area contributed by atoms with Crippen LogP contribution < -0.4 is 5.73 Å². The number of aliphatic hydroxyl groups is 1. The van der Waals surface area contributed by atoms with Crippen molar-refractivity contribution in [2.75, 3.05) is 6.61 Å². The summed E-state index contributed by atoms with van der Waals surface area (Å²) in [6.45, 7) is 2.49. The van der Waals surface area contributed by atoms with E-state index < -0.39 is 29.6 Å². The number of primary amides is 1. The second kappa shape index (κ2) is 11.5. The standard InChI is InChI=1S/C27H32F4N2O4/c1-3-20(13-10-18(16-37-25(32)35)22-6-4-5-7-23(22)28)33(21-14-15-21)24(34)17-8-11-19(12-9-17)26(2,36)27(29,30)31/h4-9,11-12,18,20-21,36H,3,10,13-16H2,1-2H3,(H2,32,35)/t18?,20?,26-/m0/s1. The second-order valence-electron chi connectivity index (χ2n) is 9.58. The first kappa shape index (κ1) is 28.4. The highest BCUT2D eigenvalue weighted by atomic mass is 19.4. The predicted octanol–water partition coefficient (Wildman–Crippen LogP) is 5.64. The molecule has 0 bridgehead atoms. The Morgan fingerprint density at radius 2 is 1.73 bits per heavy atom. The van der Waals surface area contributed by atoms with E-state index in [-0.39, 0.29) is 35.7 Å². The van der Waals surface area contributed by atoms with Crippen LogP contribution in [-0.4, -0.2) is 46.9 Å². The van der Waals surface area contributed by atoms with E-state index in [4.69, 9.17) is 10.5 Å². The largest absolute Gasteiger partial charge is 0.449 e. The molecular weight excluding hydrogens is 492 g/mol. The van der Waals surface area contributed by atoms with Gasteiger partial charge in [-0.1, -0.05) is 37.3 Å². The van der Waals surface area contributed by atoms with Gasteiger partial charge in [-0.3, -0.25) is 4.79 Å². The second-order valence-corrected chi connectivity index (χ2v) is 9.58. The maximum atomic E-state index is 14.5. The molecule has 2 unspecified atom stereocenters. The first-order chi connectivity index (χ1) is 17.4. The zero-order valence-electron chi connectivity index (χ0n) is 20.8. The topological polar surface area (TPSA) is 92.9 Å². The lowest BCUT2D eigenvalue weighted by Gasteiger charge is -2.33. The van der Waals surface area contributed by atoms with Gasteiger partial charge in [-0.05, 0) is 68.4 Å². The van der Waals surface area contributed by atoms with Crippen LogP contribution in [0, 0.1) is 5.82 Å². The summed E-state index contributed by atoms with van der Waals surface area (Å²) in [7, 11) is 0. The third kappa shape index (κ3) is 6.80. The summed E-state index contributed by atoms with van der Waals surface area (Å²) in [5, 5.41) is 9.91. The highest BCUT2D eigenvalue weighted by molar-refractivity contribution is 5.95. The molecule has 3 atom stereocenters. The number of nitrogens with two attached hydrogens (primary N) is 1. The summed E-state index contributed by atoms with van der Waals surface area (Å²) in [5.74, 6) is -1.22. The van der Waals surface area contributed by atoms with Crippen molar-refractivity contribution in [1.82, 2.24) is 4.90 Å². The molecule has 37 heavy (non-hydrogen) atoms. The Bertz CT molecular complexity index is 1080. The minimum atomic E-state index is -4.86. The Morgan fingerprint density at radius 1 is 1.11 bits per heavy atom. The van der Waals surface area contributed by atoms with Gasteiger partial charge >= 0.3 is 12.3 Å². The van der Waals surface area contributed by atoms with Crippen molar-refractivity contribution < 1.29 is 37.0 Å². The molecule has 0 aliphatic heterocycles. The van der Waals surface area contributed by atoms with Gasteiger partial charge in [0.2, 0.25) is 0 Å². The van der Waals surface area contributed by atoms with Crippen LogP contribution in [0.5, 0.6) is 0 Å². The average Bonchev–Trinajstić information content (AvgIpc) is 3.68. The van der Waals surface area contributed by atoms with Crippen molar-refractivity contribution in [1.29, 1.82) is 0 Å². The third-order valence-corrected chi connectivity index (χ3v) is 6.91. The van der Waals surface area contributed by atoms with Gasteiger partial charge < -0.3 is 20.5 Å². The number of carbonyl (C=O) groups is 2. The lowest BCUT2D eigenvalue weighted by atomic mass is 9.91. The quantitative estimate of drug-likeness (QED) is 0.372. The molecular formula is C27H32F4N2O4.